The van der Waals surface area contributed by atoms with Crippen molar-refractivity contribution in [2.45, 2.75) is 32.2 Å². The fourth-order valence-electron chi connectivity index (χ4n) is 2.21. The predicted molar refractivity (Wildman–Crippen MR) is 70.6 cm³/mol. The molecule has 0 bridgehead atoms. The molecule has 0 amide bonds. The number of benzene rings is 1. The summed E-state index contributed by atoms with van der Waals surface area (Å²) in [4.78, 5) is 0. The molecule has 1 saturated heterocycles. The molecule has 2 N–H and O–H groups in total. The summed E-state index contributed by atoms with van der Waals surface area (Å²) in [5, 5.41) is 9.10. The maximum Gasteiger partial charge on any atom is 0.301 e. The fourth-order valence-corrected chi connectivity index (χ4v) is 3.72. The van der Waals surface area contributed by atoms with Crippen molar-refractivity contribution < 1.29 is 17.9 Å². The van der Waals surface area contributed by atoms with E-state index in [-0.39, 0.29) is 17.5 Å². The van der Waals surface area contributed by atoms with Gasteiger partial charge in [-0.1, -0.05) is 6.42 Å². The van der Waals surface area contributed by atoms with Crippen molar-refractivity contribution in [1.29, 1.82) is 0 Å². The van der Waals surface area contributed by atoms with Crippen molar-refractivity contribution in [2.24, 2.45) is 0 Å². The summed E-state index contributed by atoms with van der Waals surface area (Å²) in [5.41, 5.74) is -0.157. The van der Waals surface area contributed by atoms with Crippen LogP contribution in [0.25, 0.3) is 0 Å². The van der Waals surface area contributed by atoms with Crippen molar-refractivity contribution in [3.05, 3.63) is 24.0 Å². The molecule has 1 fully saturated rings. The first kappa shape index (κ1) is 14.1. The summed E-state index contributed by atoms with van der Waals surface area (Å²) in [6.07, 6.45) is 2.61. The van der Waals surface area contributed by atoms with Gasteiger partial charge < -0.3 is 5.11 Å². The Labute approximate surface area is 112 Å². The smallest absolute Gasteiger partial charge is 0.301 e. The van der Waals surface area contributed by atoms with E-state index in [2.05, 4.69) is 4.72 Å². The topological polar surface area (TPSA) is 69.6 Å². The van der Waals surface area contributed by atoms with Gasteiger partial charge in [0.2, 0.25) is 0 Å². The maximum atomic E-state index is 13.5. The van der Waals surface area contributed by atoms with Crippen molar-refractivity contribution in [1.82, 2.24) is 4.31 Å². The molecule has 2 rings (SSSR count). The number of hydrogen-bond acceptors (Lipinski definition) is 3. The minimum atomic E-state index is -3.76. The van der Waals surface area contributed by atoms with Crippen LogP contribution >= 0.6 is 0 Å². The van der Waals surface area contributed by atoms with Crippen LogP contribution in [0, 0.1) is 5.82 Å². The summed E-state index contributed by atoms with van der Waals surface area (Å²) >= 11 is 0. The van der Waals surface area contributed by atoms with E-state index in [4.69, 9.17) is 5.11 Å². The van der Waals surface area contributed by atoms with Gasteiger partial charge in [0.15, 0.2) is 5.82 Å². The third-order valence-electron chi connectivity index (χ3n) is 3.24. The lowest BCUT2D eigenvalue weighted by Gasteiger charge is -2.32. The number of phenolic OH excluding ortho intramolecular Hbond substituents is 1. The normalized spacial score (nSPS) is 21.3. The Balaban J connectivity index is 2.20. The first-order valence-corrected chi connectivity index (χ1v) is 7.62. The summed E-state index contributed by atoms with van der Waals surface area (Å²) in [6, 6.07) is 3.22. The predicted octanol–water partition coefficient (Wildman–Crippen LogP) is 2.06. The molecule has 0 aliphatic carbocycles. The van der Waals surface area contributed by atoms with E-state index in [9.17, 15) is 12.8 Å². The highest BCUT2D eigenvalue weighted by Gasteiger charge is 2.29. The number of aromatic hydroxyl groups is 1. The molecule has 19 heavy (non-hydrogen) atoms. The number of rotatable bonds is 3. The molecule has 1 aromatic carbocycles. The van der Waals surface area contributed by atoms with Crippen LogP contribution in [0.3, 0.4) is 0 Å². The second kappa shape index (κ2) is 5.34. The van der Waals surface area contributed by atoms with E-state index in [0.29, 0.717) is 6.54 Å². The fraction of sp³-hybridized carbons (Fsp3) is 0.500. The van der Waals surface area contributed by atoms with Crippen LogP contribution < -0.4 is 4.72 Å². The molecule has 0 spiro atoms. The highest BCUT2D eigenvalue weighted by Crippen LogP contribution is 2.24. The van der Waals surface area contributed by atoms with Gasteiger partial charge in [-0.25, -0.2) is 4.39 Å². The summed E-state index contributed by atoms with van der Waals surface area (Å²) < 4.78 is 41.5. The van der Waals surface area contributed by atoms with Gasteiger partial charge >= 0.3 is 10.2 Å². The van der Waals surface area contributed by atoms with E-state index in [1.54, 1.807) is 0 Å². The van der Waals surface area contributed by atoms with Gasteiger partial charge in [-0.05, 0) is 31.9 Å². The molecule has 1 aromatic rings. The SMILES string of the molecule is CC1CCCCN1S(=O)(=O)Nc1ccc(O)cc1F. The van der Waals surface area contributed by atoms with Gasteiger partial charge in [0.25, 0.3) is 0 Å². The molecule has 106 valence electrons. The Kier molecular flexibility index (Phi) is 3.96. The van der Waals surface area contributed by atoms with Crippen LogP contribution in [-0.2, 0) is 10.2 Å². The van der Waals surface area contributed by atoms with Crippen LogP contribution in [0.15, 0.2) is 18.2 Å². The summed E-state index contributed by atoms with van der Waals surface area (Å²) in [7, 11) is -3.76. The second-order valence-electron chi connectivity index (χ2n) is 4.73. The number of halogens is 1. The van der Waals surface area contributed by atoms with E-state index >= 15 is 0 Å². The molecular weight excluding hydrogens is 271 g/mol. The molecule has 0 saturated carbocycles. The summed E-state index contributed by atoms with van der Waals surface area (Å²) in [5.74, 6) is -1.04. The number of anilines is 1. The zero-order valence-corrected chi connectivity index (χ0v) is 11.5. The van der Waals surface area contributed by atoms with E-state index < -0.39 is 16.0 Å². The number of piperidine rings is 1. The Morgan fingerprint density at radius 2 is 2.16 bits per heavy atom. The zero-order valence-electron chi connectivity index (χ0n) is 10.6. The van der Waals surface area contributed by atoms with Gasteiger partial charge in [0.05, 0.1) is 5.69 Å². The molecule has 0 aromatic heterocycles. The van der Waals surface area contributed by atoms with Crippen molar-refractivity contribution in [3.8, 4) is 5.75 Å². The Morgan fingerprint density at radius 3 is 2.79 bits per heavy atom. The highest BCUT2D eigenvalue weighted by molar-refractivity contribution is 7.90. The van der Waals surface area contributed by atoms with Gasteiger partial charge in [0.1, 0.15) is 5.75 Å². The Morgan fingerprint density at radius 1 is 1.42 bits per heavy atom. The van der Waals surface area contributed by atoms with Gasteiger partial charge in [-0.3, -0.25) is 4.72 Å². The minimum Gasteiger partial charge on any atom is -0.508 e. The number of nitrogens with one attached hydrogen (secondary N) is 1. The second-order valence-corrected chi connectivity index (χ2v) is 6.35. The van der Waals surface area contributed by atoms with Gasteiger partial charge in [-0.2, -0.15) is 12.7 Å². The zero-order chi connectivity index (χ0) is 14.0. The molecule has 7 heteroatoms. The lowest BCUT2D eigenvalue weighted by molar-refractivity contribution is 0.270. The monoisotopic (exact) mass is 288 g/mol. The first-order valence-electron chi connectivity index (χ1n) is 6.18. The molecule has 1 aliphatic rings. The molecule has 1 aliphatic heterocycles. The standard InChI is InChI=1S/C12H17FN2O3S/c1-9-4-2-3-7-15(9)19(17,18)14-12-6-5-10(16)8-11(12)13/h5-6,8-9,14,16H,2-4,7H2,1H3. The van der Waals surface area contributed by atoms with Crippen molar-refractivity contribution in [3.63, 3.8) is 0 Å². The first-order chi connectivity index (χ1) is 8.90. The third-order valence-corrected chi connectivity index (χ3v) is 4.88. The van der Waals surface area contributed by atoms with Crippen LogP contribution in [0.4, 0.5) is 10.1 Å². The van der Waals surface area contributed by atoms with Gasteiger partial charge in [0, 0.05) is 18.7 Å². The average Bonchev–Trinajstić information content (AvgIpc) is 2.33. The van der Waals surface area contributed by atoms with Crippen molar-refractivity contribution >= 4 is 15.9 Å². The maximum absolute atomic E-state index is 13.5. The highest BCUT2D eigenvalue weighted by atomic mass is 32.2. The minimum absolute atomic E-state index is 0.0913. The van der Waals surface area contributed by atoms with Crippen LogP contribution in [0.1, 0.15) is 26.2 Å². The largest absolute Gasteiger partial charge is 0.508 e. The van der Waals surface area contributed by atoms with Gasteiger partial charge in [-0.15, -0.1) is 0 Å². The quantitative estimate of drug-likeness (QED) is 0.836. The molecular formula is C12H17FN2O3S. The summed E-state index contributed by atoms with van der Waals surface area (Å²) in [6.45, 7) is 2.28. The van der Waals surface area contributed by atoms with Crippen LogP contribution in [0.5, 0.6) is 5.75 Å². The van der Waals surface area contributed by atoms with Crippen molar-refractivity contribution in [2.75, 3.05) is 11.3 Å². The third kappa shape index (κ3) is 3.16. The molecule has 1 unspecified atom stereocenters. The lowest BCUT2D eigenvalue weighted by Crippen LogP contribution is -2.44. The lowest BCUT2D eigenvalue weighted by atomic mass is 10.1. The molecule has 0 radical (unpaired) electrons. The molecule has 5 nitrogen and oxygen atoms in total. The van der Waals surface area contributed by atoms with Crippen LogP contribution in [0.2, 0.25) is 0 Å². The molecule has 1 atom stereocenters. The average molecular weight is 288 g/mol. The Hall–Kier alpha value is -1.34. The number of nitrogens with zero attached hydrogens (tertiary/aromatic N) is 1. The van der Waals surface area contributed by atoms with E-state index in [1.165, 1.54) is 16.4 Å². The number of phenols is 1. The molecule has 1 heterocycles. The van der Waals surface area contributed by atoms with E-state index in [1.807, 2.05) is 6.92 Å². The van der Waals surface area contributed by atoms with Crippen LogP contribution in [-0.4, -0.2) is 30.4 Å². The Bertz CT molecular complexity index is 562. The number of hydrogen-bond donors (Lipinski definition) is 2. The van der Waals surface area contributed by atoms with E-state index in [0.717, 1.165) is 25.3 Å².